The summed E-state index contributed by atoms with van der Waals surface area (Å²) in [5, 5.41) is 19.0. The largest absolute Gasteiger partial charge is 0.488 e. The Kier molecular flexibility index (Phi) is 6.98. The molecule has 0 spiro atoms. The van der Waals surface area contributed by atoms with E-state index >= 15 is 0 Å². The van der Waals surface area contributed by atoms with Crippen LogP contribution in [0.5, 0.6) is 0 Å². The van der Waals surface area contributed by atoms with E-state index in [0.29, 0.717) is 5.46 Å². The van der Waals surface area contributed by atoms with Crippen LogP contribution in [0.25, 0.3) is 0 Å². The molecule has 1 aromatic carbocycles. The quantitative estimate of drug-likeness (QED) is 0.760. The molecule has 1 aromatic rings. The highest BCUT2D eigenvalue weighted by Crippen LogP contribution is 2.21. The Labute approximate surface area is 119 Å². The van der Waals surface area contributed by atoms with E-state index in [0.717, 1.165) is 48.6 Å². The Morgan fingerprint density at radius 2 is 1.56 bits per heavy atom. The molecule has 0 radical (unpaired) electrons. The van der Waals surface area contributed by atoms with Gasteiger partial charge >= 0.3 is 7.12 Å². The number of hydrogen-bond acceptors (Lipinski definition) is 2. The highest BCUT2D eigenvalue weighted by molar-refractivity contribution is 9.10. The van der Waals surface area contributed by atoms with E-state index in [9.17, 15) is 10.0 Å². The lowest BCUT2D eigenvalue weighted by Crippen LogP contribution is -2.33. The second-order valence-electron chi connectivity index (χ2n) is 4.72. The van der Waals surface area contributed by atoms with Crippen molar-refractivity contribution < 1.29 is 10.0 Å². The van der Waals surface area contributed by atoms with E-state index in [4.69, 9.17) is 0 Å². The Hall–Kier alpha value is -0.315. The number of benzene rings is 1. The van der Waals surface area contributed by atoms with E-state index in [-0.39, 0.29) is 0 Å². The van der Waals surface area contributed by atoms with Crippen LogP contribution in [0.15, 0.2) is 16.6 Å². The molecule has 0 aromatic heterocycles. The molecule has 0 atom stereocenters. The molecular weight excluding hydrogens is 291 g/mol. The average molecular weight is 313 g/mol. The molecule has 0 aliphatic heterocycles. The third kappa shape index (κ3) is 4.41. The van der Waals surface area contributed by atoms with Gasteiger partial charge in [0, 0.05) is 4.47 Å². The molecule has 0 saturated carbocycles. The molecule has 0 unspecified atom stereocenters. The van der Waals surface area contributed by atoms with Crippen molar-refractivity contribution in [2.45, 2.75) is 52.4 Å². The van der Waals surface area contributed by atoms with Crippen LogP contribution < -0.4 is 5.46 Å². The van der Waals surface area contributed by atoms with Crippen LogP contribution in [-0.2, 0) is 12.8 Å². The SMILES string of the molecule is CCCCc1cc(B(O)O)c(CCCC)cc1Br. The van der Waals surface area contributed by atoms with Gasteiger partial charge in [-0.1, -0.05) is 48.7 Å². The Bertz CT molecular complexity index is 380. The zero-order chi connectivity index (χ0) is 13.5. The maximum atomic E-state index is 9.48. The Morgan fingerprint density at radius 1 is 1.00 bits per heavy atom. The van der Waals surface area contributed by atoms with Gasteiger partial charge in [-0.05, 0) is 48.3 Å². The van der Waals surface area contributed by atoms with Crippen LogP contribution in [0.2, 0.25) is 0 Å². The highest BCUT2D eigenvalue weighted by atomic mass is 79.9. The molecule has 0 fully saturated rings. The van der Waals surface area contributed by atoms with Crippen molar-refractivity contribution in [3.8, 4) is 0 Å². The van der Waals surface area contributed by atoms with Gasteiger partial charge in [0.1, 0.15) is 0 Å². The first-order chi connectivity index (χ1) is 8.60. The molecule has 0 aliphatic carbocycles. The predicted molar refractivity (Wildman–Crippen MR) is 81.2 cm³/mol. The summed E-state index contributed by atoms with van der Waals surface area (Å²) < 4.78 is 1.09. The lowest BCUT2D eigenvalue weighted by molar-refractivity contribution is 0.425. The van der Waals surface area contributed by atoms with Crippen molar-refractivity contribution in [1.82, 2.24) is 0 Å². The van der Waals surface area contributed by atoms with Crippen molar-refractivity contribution in [2.75, 3.05) is 0 Å². The number of hydrogen-bond donors (Lipinski definition) is 2. The van der Waals surface area contributed by atoms with Crippen LogP contribution in [0.4, 0.5) is 0 Å². The molecule has 0 heterocycles. The van der Waals surface area contributed by atoms with Crippen LogP contribution >= 0.6 is 15.9 Å². The Morgan fingerprint density at radius 3 is 2.06 bits per heavy atom. The summed E-state index contributed by atoms with van der Waals surface area (Å²) in [6, 6.07) is 3.99. The topological polar surface area (TPSA) is 40.5 Å². The third-order valence-corrected chi connectivity index (χ3v) is 3.92. The minimum absolute atomic E-state index is 0.665. The summed E-state index contributed by atoms with van der Waals surface area (Å²) in [6.07, 6.45) is 6.31. The number of aryl methyl sites for hydroxylation is 2. The summed E-state index contributed by atoms with van der Waals surface area (Å²) in [4.78, 5) is 0. The molecule has 100 valence electrons. The van der Waals surface area contributed by atoms with Crippen molar-refractivity contribution >= 4 is 28.5 Å². The molecule has 1 rings (SSSR count). The molecule has 0 aliphatic rings. The summed E-state index contributed by atoms with van der Waals surface area (Å²) in [7, 11) is -1.37. The molecule has 18 heavy (non-hydrogen) atoms. The molecule has 4 heteroatoms. The van der Waals surface area contributed by atoms with Gasteiger partial charge in [0.15, 0.2) is 0 Å². The molecule has 0 bridgehead atoms. The van der Waals surface area contributed by atoms with Gasteiger partial charge in [-0.15, -0.1) is 0 Å². The van der Waals surface area contributed by atoms with Crippen LogP contribution in [0.3, 0.4) is 0 Å². The smallest absolute Gasteiger partial charge is 0.423 e. The molecule has 0 saturated heterocycles. The second kappa shape index (κ2) is 7.98. The normalized spacial score (nSPS) is 10.7. The van der Waals surface area contributed by atoms with Gasteiger partial charge in [0.2, 0.25) is 0 Å². The second-order valence-corrected chi connectivity index (χ2v) is 5.58. The van der Waals surface area contributed by atoms with Crippen molar-refractivity contribution in [3.05, 3.63) is 27.7 Å². The Balaban J connectivity index is 3.00. The van der Waals surface area contributed by atoms with Crippen LogP contribution in [-0.4, -0.2) is 17.2 Å². The first-order valence-electron chi connectivity index (χ1n) is 6.77. The fourth-order valence-electron chi connectivity index (χ4n) is 2.06. The van der Waals surface area contributed by atoms with Gasteiger partial charge in [-0.3, -0.25) is 0 Å². The molecular formula is C14H22BBrO2. The van der Waals surface area contributed by atoms with E-state index < -0.39 is 7.12 Å². The minimum atomic E-state index is -1.37. The first kappa shape index (κ1) is 15.7. The monoisotopic (exact) mass is 312 g/mol. The highest BCUT2D eigenvalue weighted by Gasteiger charge is 2.18. The first-order valence-corrected chi connectivity index (χ1v) is 7.56. The molecule has 2 N–H and O–H groups in total. The molecule has 0 amide bonds. The maximum absolute atomic E-state index is 9.48. The van der Waals surface area contributed by atoms with Crippen molar-refractivity contribution in [3.63, 3.8) is 0 Å². The van der Waals surface area contributed by atoms with Crippen LogP contribution in [0.1, 0.15) is 50.7 Å². The van der Waals surface area contributed by atoms with Gasteiger partial charge in [-0.25, -0.2) is 0 Å². The third-order valence-electron chi connectivity index (χ3n) is 3.19. The van der Waals surface area contributed by atoms with Gasteiger partial charge in [-0.2, -0.15) is 0 Å². The zero-order valence-electron chi connectivity index (χ0n) is 11.2. The summed E-state index contributed by atoms with van der Waals surface area (Å²) in [6.45, 7) is 4.30. The van der Waals surface area contributed by atoms with E-state index in [1.807, 2.05) is 6.07 Å². The van der Waals surface area contributed by atoms with Gasteiger partial charge in [0.25, 0.3) is 0 Å². The van der Waals surface area contributed by atoms with Crippen LogP contribution in [0, 0.1) is 0 Å². The predicted octanol–water partition coefficient (Wildman–Crippen LogP) is 2.81. The van der Waals surface area contributed by atoms with E-state index in [2.05, 4.69) is 35.8 Å². The number of halogens is 1. The lowest BCUT2D eigenvalue weighted by Gasteiger charge is -2.13. The number of unbranched alkanes of at least 4 members (excludes halogenated alkanes) is 2. The average Bonchev–Trinajstić information content (AvgIpc) is 2.34. The van der Waals surface area contributed by atoms with Crippen molar-refractivity contribution in [2.24, 2.45) is 0 Å². The lowest BCUT2D eigenvalue weighted by atomic mass is 9.75. The van der Waals surface area contributed by atoms with E-state index in [1.54, 1.807) is 0 Å². The number of rotatable bonds is 7. The van der Waals surface area contributed by atoms with Gasteiger partial charge in [0.05, 0.1) is 0 Å². The fourth-order valence-corrected chi connectivity index (χ4v) is 2.65. The summed E-state index contributed by atoms with van der Waals surface area (Å²) in [5.74, 6) is 0. The zero-order valence-corrected chi connectivity index (χ0v) is 12.8. The molecule has 2 nitrogen and oxygen atoms in total. The van der Waals surface area contributed by atoms with Gasteiger partial charge < -0.3 is 10.0 Å². The summed E-state index contributed by atoms with van der Waals surface area (Å²) in [5.41, 5.74) is 2.87. The maximum Gasteiger partial charge on any atom is 0.488 e. The minimum Gasteiger partial charge on any atom is -0.423 e. The van der Waals surface area contributed by atoms with Crippen molar-refractivity contribution in [1.29, 1.82) is 0 Å². The standard InChI is InChI=1S/C14H22BBrO2/c1-3-5-7-11-10-14(16)12(8-6-4-2)9-13(11)15(17)18/h9-10,17-18H,3-8H2,1-2H3. The van der Waals surface area contributed by atoms with E-state index in [1.165, 1.54) is 5.56 Å². The fraction of sp³-hybridized carbons (Fsp3) is 0.571. The summed E-state index contributed by atoms with van der Waals surface area (Å²) >= 11 is 3.59.